The molecule has 0 amide bonds. The molecule has 0 radical (unpaired) electrons. The van der Waals surface area contributed by atoms with Crippen LogP contribution in [0.5, 0.6) is 0 Å². The summed E-state index contributed by atoms with van der Waals surface area (Å²) in [5.74, 6) is 0.961. The van der Waals surface area contributed by atoms with E-state index in [1.807, 2.05) is 12.3 Å². The van der Waals surface area contributed by atoms with Crippen molar-refractivity contribution < 1.29 is 4.74 Å². The molecule has 4 heteroatoms. The third kappa shape index (κ3) is 5.98. The second-order valence-corrected chi connectivity index (χ2v) is 4.56. The molecule has 1 rings (SSSR count). The van der Waals surface area contributed by atoms with Crippen molar-refractivity contribution in [2.45, 2.75) is 26.3 Å². The van der Waals surface area contributed by atoms with Crippen LogP contribution in [0, 0.1) is 0 Å². The van der Waals surface area contributed by atoms with Gasteiger partial charge in [0.2, 0.25) is 0 Å². The highest BCUT2D eigenvalue weighted by atomic mass is 16.5. The first-order valence-electron chi connectivity index (χ1n) is 6.62. The van der Waals surface area contributed by atoms with Crippen LogP contribution in [0.25, 0.3) is 0 Å². The molecule has 0 atom stereocenters. The fourth-order valence-electron chi connectivity index (χ4n) is 1.75. The number of anilines is 1. The van der Waals surface area contributed by atoms with Gasteiger partial charge >= 0.3 is 0 Å². The number of nitrogens with zero attached hydrogens (tertiary/aromatic N) is 2. The van der Waals surface area contributed by atoms with Gasteiger partial charge in [-0.05, 0) is 31.5 Å². The van der Waals surface area contributed by atoms with E-state index in [0.29, 0.717) is 0 Å². The van der Waals surface area contributed by atoms with Gasteiger partial charge in [0.1, 0.15) is 5.82 Å². The van der Waals surface area contributed by atoms with Crippen LogP contribution >= 0.6 is 0 Å². The Morgan fingerprint density at radius 3 is 2.83 bits per heavy atom. The summed E-state index contributed by atoms with van der Waals surface area (Å²) in [6.45, 7) is 5.93. The summed E-state index contributed by atoms with van der Waals surface area (Å²) in [6, 6.07) is 4.19. The van der Waals surface area contributed by atoms with Gasteiger partial charge in [-0.3, -0.25) is 0 Å². The third-order valence-corrected chi connectivity index (χ3v) is 2.72. The largest absolute Gasteiger partial charge is 0.385 e. The molecule has 0 aliphatic rings. The molecule has 0 unspecified atom stereocenters. The van der Waals surface area contributed by atoms with Gasteiger partial charge in [-0.2, -0.15) is 0 Å². The smallest absolute Gasteiger partial charge is 0.125 e. The monoisotopic (exact) mass is 251 g/mol. The average molecular weight is 251 g/mol. The fourth-order valence-corrected chi connectivity index (χ4v) is 1.75. The molecule has 0 aliphatic carbocycles. The first-order chi connectivity index (χ1) is 8.76. The minimum atomic E-state index is 0.822. The van der Waals surface area contributed by atoms with Crippen LogP contribution in [-0.2, 0) is 11.3 Å². The maximum Gasteiger partial charge on any atom is 0.125 e. The van der Waals surface area contributed by atoms with Crippen molar-refractivity contribution in [1.29, 1.82) is 0 Å². The second kappa shape index (κ2) is 8.89. The number of hydrogen-bond acceptors (Lipinski definition) is 4. The summed E-state index contributed by atoms with van der Waals surface area (Å²) >= 11 is 0. The molecule has 0 saturated heterocycles. The molecule has 1 aromatic heterocycles. The zero-order chi connectivity index (χ0) is 13.2. The summed E-state index contributed by atoms with van der Waals surface area (Å²) < 4.78 is 5.05. The van der Waals surface area contributed by atoms with E-state index in [9.17, 15) is 0 Å². The summed E-state index contributed by atoms with van der Waals surface area (Å²) in [6.07, 6.45) is 4.13. The number of methoxy groups -OCH3 is 1. The molecule has 0 saturated carbocycles. The first kappa shape index (κ1) is 14.9. The Labute approximate surface area is 110 Å². The van der Waals surface area contributed by atoms with Gasteiger partial charge in [0.15, 0.2) is 0 Å². The lowest BCUT2D eigenvalue weighted by atomic mass is 10.2. The van der Waals surface area contributed by atoms with Crippen molar-refractivity contribution in [2.75, 3.05) is 39.2 Å². The van der Waals surface area contributed by atoms with Crippen LogP contribution in [0.15, 0.2) is 18.3 Å². The Morgan fingerprint density at radius 2 is 2.22 bits per heavy atom. The van der Waals surface area contributed by atoms with E-state index in [0.717, 1.165) is 44.9 Å². The highest BCUT2D eigenvalue weighted by Gasteiger charge is 2.01. The van der Waals surface area contributed by atoms with Gasteiger partial charge in [-0.25, -0.2) is 4.98 Å². The lowest BCUT2D eigenvalue weighted by Crippen LogP contribution is -2.20. The van der Waals surface area contributed by atoms with E-state index in [1.54, 1.807) is 7.11 Å². The molecule has 0 aliphatic heterocycles. The molecule has 0 spiro atoms. The topological polar surface area (TPSA) is 37.4 Å². The summed E-state index contributed by atoms with van der Waals surface area (Å²) in [5.41, 5.74) is 1.25. The van der Waals surface area contributed by atoms with E-state index in [-0.39, 0.29) is 0 Å². The van der Waals surface area contributed by atoms with Crippen LogP contribution in [0.1, 0.15) is 25.3 Å². The highest BCUT2D eigenvalue weighted by Crippen LogP contribution is 2.07. The maximum atomic E-state index is 5.05. The summed E-state index contributed by atoms with van der Waals surface area (Å²) in [4.78, 5) is 6.69. The molecule has 18 heavy (non-hydrogen) atoms. The molecule has 102 valence electrons. The fraction of sp³-hybridized carbons (Fsp3) is 0.643. The van der Waals surface area contributed by atoms with Gasteiger partial charge < -0.3 is 15.0 Å². The molecule has 1 N–H and O–H groups in total. The minimum absolute atomic E-state index is 0.822. The van der Waals surface area contributed by atoms with Crippen LogP contribution in [0.4, 0.5) is 5.82 Å². The molecule has 1 heterocycles. The molecule has 0 fully saturated rings. The number of nitrogens with one attached hydrogen (secondary N) is 1. The van der Waals surface area contributed by atoms with Gasteiger partial charge in [0, 0.05) is 39.5 Å². The number of hydrogen-bond donors (Lipinski definition) is 1. The van der Waals surface area contributed by atoms with Crippen LogP contribution in [0.3, 0.4) is 0 Å². The number of ether oxygens (including phenoxy) is 1. The Bertz CT molecular complexity index is 313. The maximum absolute atomic E-state index is 5.05. The normalized spacial score (nSPS) is 10.9. The second-order valence-electron chi connectivity index (χ2n) is 4.56. The van der Waals surface area contributed by atoms with Gasteiger partial charge in [-0.15, -0.1) is 0 Å². The van der Waals surface area contributed by atoms with Gasteiger partial charge in [-0.1, -0.05) is 13.0 Å². The predicted molar refractivity (Wildman–Crippen MR) is 75.8 cm³/mol. The van der Waals surface area contributed by atoms with Crippen molar-refractivity contribution in [2.24, 2.45) is 0 Å². The molecule has 0 bridgehead atoms. The van der Waals surface area contributed by atoms with E-state index in [2.05, 4.69) is 35.2 Å². The first-order valence-corrected chi connectivity index (χ1v) is 6.62. The Kier molecular flexibility index (Phi) is 7.37. The minimum Gasteiger partial charge on any atom is -0.385 e. The number of rotatable bonds is 9. The quantitative estimate of drug-likeness (QED) is 0.684. The lowest BCUT2D eigenvalue weighted by molar-refractivity contribution is 0.178. The van der Waals surface area contributed by atoms with E-state index in [4.69, 9.17) is 4.74 Å². The van der Waals surface area contributed by atoms with Crippen LogP contribution < -0.4 is 5.32 Å². The predicted octanol–water partition coefficient (Wildman–Crippen LogP) is 2.37. The Hall–Kier alpha value is -1.13. The van der Waals surface area contributed by atoms with Crippen molar-refractivity contribution in [3.8, 4) is 0 Å². The van der Waals surface area contributed by atoms with Crippen molar-refractivity contribution >= 4 is 5.82 Å². The van der Waals surface area contributed by atoms with Crippen LogP contribution in [-0.4, -0.2) is 43.7 Å². The summed E-state index contributed by atoms with van der Waals surface area (Å²) in [7, 11) is 3.87. The van der Waals surface area contributed by atoms with Crippen molar-refractivity contribution in [3.05, 3.63) is 23.9 Å². The third-order valence-electron chi connectivity index (χ3n) is 2.72. The molecule has 0 aromatic carbocycles. The van der Waals surface area contributed by atoms with Gasteiger partial charge in [0.05, 0.1) is 0 Å². The summed E-state index contributed by atoms with van der Waals surface area (Å²) in [5, 5.41) is 3.28. The molecule has 1 aromatic rings. The zero-order valence-electron chi connectivity index (χ0n) is 11.8. The van der Waals surface area contributed by atoms with E-state index < -0.39 is 0 Å². The van der Waals surface area contributed by atoms with Crippen molar-refractivity contribution in [3.63, 3.8) is 0 Å². The Morgan fingerprint density at radius 1 is 1.39 bits per heavy atom. The molecule has 4 nitrogen and oxygen atoms in total. The SMILES string of the molecule is CCCNc1ccc(CN(C)CCCOC)cn1. The lowest BCUT2D eigenvalue weighted by Gasteiger charge is -2.16. The zero-order valence-corrected chi connectivity index (χ0v) is 11.8. The number of aromatic nitrogens is 1. The molecular formula is C14H25N3O. The van der Waals surface area contributed by atoms with Crippen LogP contribution in [0.2, 0.25) is 0 Å². The number of pyridine rings is 1. The highest BCUT2D eigenvalue weighted by molar-refractivity contribution is 5.35. The molecular weight excluding hydrogens is 226 g/mol. The van der Waals surface area contributed by atoms with Crippen molar-refractivity contribution in [1.82, 2.24) is 9.88 Å². The van der Waals surface area contributed by atoms with E-state index >= 15 is 0 Å². The van der Waals surface area contributed by atoms with Gasteiger partial charge in [0.25, 0.3) is 0 Å². The Balaban J connectivity index is 2.33. The standard InChI is InChI=1S/C14H25N3O/c1-4-8-15-14-7-6-13(11-16-14)12-17(2)9-5-10-18-3/h6-7,11H,4-5,8-10,12H2,1-3H3,(H,15,16). The average Bonchev–Trinajstić information content (AvgIpc) is 2.38. The van der Waals surface area contributed by atoms with E-state index in [1.165, 1.54) is 5.56 Å².